The first-order chi connectivity index (χ1) is 13.2. The van der Waals surface area contributed by atoms with Crippen molar-refractivity contribution in [3.63, 3.8) is 0 Å². The molecule has 0 radical (unpaired) electrons. The van der Waals surface area contributed by atoms with Gasteiger partial charge in [-0.05, 0) is 17.7 Å². The Kier molecular flexibility index (Phi) is 7.49. The number of hydrogen-bond donors (Lipinski definition) is 1. The second-order valence-corrected chi connectivity index (χ2v) is 7.80. The molecule has 0 aliphatic carbocycles. The fourth-order valence-electron chi connectivity index (χ4n) is 3.45. The molecule has 2 aliphatic rings. The van der Waals surface area contributed by atoms with Gasteiger partial charge in [0, 0.05) is 37.7 Å². The first-order valence-corrected chi connectivity index (χ1v) is 10.5. The van der Waals surface area contributed by atoms with E-state index in [0.29, 0.717) is 12.5 Å². The van der Waals surface area contributed by atoms with E-state index in [4.69, 9.17) is 24.9 Å². The molecule has 2 fully saturated rings. The molecule has 1 atom stereocenters. The number of nitrogens with two attached hydrogens (primary N) is 1. The third-order valence-electron chi connectivity index (χ3n) is 5.04. The number of nitrogens with zero attached hydrogens (tertiary/aromatic N) is 3. The van der Waals surface area contributed by atoms with Crippen molar-refractivity contribution in [1.82, 2.24) is 9.80 Å². The Morgan fingerprint density at radius 2 is 1.85 bits per heavy atom. The summed E-state index contributed by atoms with van der Waals surface area (Å²) < 4.78 is 16.4. The van der Waals surface area contributed by atoms with Crippen molar-refractivity contribution in [3.8, 4) is 11.5 Å². The number of aliphatic imine (C=N–C) groups is 1. The van der Waals surface area contributed by atoms with Crippen LogP contribution in [-0.4, -0.2) is 87.4 Å². The van der Waals surface area contributed by atoms with Crippen LogP contribution in [0, 0.1) is 0 Å². The van der Waals surface area contributed by atoms with Gasteiger partial charge in [-0.3, -0.25) is 9.89 Å². The van der Waals surface area contributed by atoms with Crippen molar-refractivity contribution in [1.29, 1.82) is 0 Å². The van der Waals surface area contributed by atoms with Crippen molar-refractivity contribution in [3.05, 3.63) is 23.8 Å². The van der Waals surface area contributed by atoms with Crippen molar-refractivity contribution < 1.29 is 14.2 Å². The van der Waals surface area contributed by atoms with Crippen LogP contribution in [-0.2, 0) is 4.74 Å². The zero-order valence-corrected chi connectivity index (χ0v) is 17.0. The van der Waals surface area contributed by atoms with Crippen molar-refractivity contribution in [2.75, 3.05) is 71.7 Å². The number of thioether (sulfide) groups is 1. The average molecular weight is 395 g/mol. The maximum Gasteiger partial charge on any atom is 0.191 e. The molecule has 3 rings (SSSR count). The van der Waals surface area contributed by atoms with Gasteiger partial charge >= 0.3 is 0 Å². The van der Waals surface area contributed by atoms with E-state index >= 15 is 0 Å². The number of guanidine groups is 1. The van der Waals surface area contributed by atoms with E-state index < -0.39 is 0 Å². The van der Waals surface area contributed by atoms with E-state index in [1.807, 2.05) is 23.9 Å². The molecule has 2 N–H and O–H groups in total. The molecule has 8 heteroatoms. The van der Waals surface area contributed by atoms with Gasteiger partial charge in [0.15, 0.2) is 17.5 Å². The summed E-state index contributed by atoms with van der Waals surface area (Å²) in [6.45, 7) is 5.81. The monoisotopic (exact) mass is 394 g/mol. The highest BCUT2D eigenvalue weighted by Gasteiger charge is 2.24. The van der Waals surface area contributed by atoms with Gasteiger partial charge in [0.25, 0.3) is 0 Å². The lowest BCUT2D eigenvalue weighted by molar-refractivity contribution is 0.0179. The Balaban J connectivity index is 1.80. The quantitative estimate of drug-likeness (QED) is 0.578. The Labute approximate surface area is 165 Å². The Hall–Kier alpha value is -1.64. The molecule has 1 aromatic rings. The number of morpholine rings is 1. The minimum absolute atomic E-state index is 0.131. The predicted molar refractivity (Wildman–Crippen MR) is 110 cm³/mol. The molecule has 2 saturated heterocycles. The van der Waals surface area contributed by atoms with E-state index in [1.165, 1.54) is 0 Å². The van der Waals surface area contributed by atoms with Crippen molar-refractivity contribution in [2.24, 2.45) is 10.7 Å². The zero-order valence-electron chi connectivity index (χ0n) is 16.2. The Morgan fingerprint density at radius 3 is 2.52 bits per heavy atom. The van der Waals surface area contributed by atoms with Gasteiger partial charge in [-0.2, -0.15) is 11.8 Å². The molecule has 0 aromatic heterocycles. The topological polar surface area (TPSA) is 72.6 Å². The molecule has 27 heavy (non-hydrogen) atoms. The minimum atomic E-state index is 0.131. The molecule has 0 spiro atoms. The smallest absolute Gasteiger partial charge is 0.191 e. The van der Waals surface area contributed by atoms with Crippen LogP contribution in [0.1, 0.15) is 11.6 Å². The van der Waals surface area contributed by atoms with Crippen LogP contribution in [0.2, 0.25) is 0 Å². The predicted octanol–water partition coefficient (Wildman–Crippen LogP) is 1.44. The van der Waals surface area contributed by atoms with E-state index in [9.17, 15) is 0 Å². The lowest BCUT2D eigenvalue weighted by Gasteiger charge is -2.34. The summed E-state index contributed by atoms with van der Waals surface area (Å²) >= 11 is 1.97. The molecule has 2 heterocycles. The Morgan fingerprint density at radius 1 is 1.15 bits per heavy atom. The molecule has 1 aromatic carbocycles. The number of benzene rings is 1. The van der Waals surface area contributed by atoms with Crippen LogP contribution in [0.5, 0.6) is 11.5 Å². The lowest BCUT2D eigenvalue weighted by atomic mass is 10.0. The lowest BCUT2D eigenvalue weighted by Crippen LogP contribution is -2.44. The van der Waals surface area contributed by atoms with Gasteiger partial charge in [0.2, 0.25) is 0 Å². The highest BCUT2D eigenvalue weighted by atomic mass is 32.2. The summed E-state index contributed by atoms with van der Waals surface area (Å²) in [5.74, 6) is 4.33. The summed E-state index contributed by atoms with van der Waals surface area (Å²) in [4.78, 5) is 9.35. The number of rotatable bonds is 6. The van der Waals surface area contributed by atoms with E-state index in [1.54, 1.807) is 14.2 Å². The van der Waals surface area contributed by atoms with Gasteiger partial charge < -0.3 is 24.8 Å². The van der Waals surface area contributed by atoms with Crippen LogP contribution in [0.25, 0.3) is 0 Å². The average Bonchev–Trinajstić information content (AvgIpc) is 2.75. The van der Waals surface area contributed by atoms with Gasteiger partial charge in [0.05, 0.1) is 40.0 Å². The van der Waals surface area contributed by atoms with E-state index in [0.717, 1.165) is 68.0 Å². The summed E-state index contributed by atoms with van der Waals surface area (Å²) in [5.41, 5.74) is 7.44. The first kappa shape index (κ1) is 20.1. The van der Waals surface area contributed by atoms with Gasteiger partial charge in [-0.1, -0.05) is 6.07 Å². The van der Waals surface area contributed by atoms with Crippen LogP contribution in [0.4, 0.5) is 0 Å². The Bertz CT molecular complexity index is 631. The molecule has 150 valence electrons. The zero-order chi connectivity index (χ0) is 19.1. The van der Waals surface area contributed by atoms with Gasteiger partial charge in [-0.25, -0.2) is 0 Å². The maximum atomic E-state index is 6.28. The largest absolute Gasteiger partial charge is 0.493 e. The molecular formula is C19H30N4O3S. The molecular weight excluding hydrogens is 364 g/mol. The third-order valence-corrected chi connectivity index (χ3v) is 5.98. The summed E-state index contributed by atoms with van der Waals surface area (Å²) in [5, 5.41) is 0. The molecule has 0 bridgehead atoms. The van der Waals surface area contributed by atoms with E-state index in [2.05, 4.69) is 15.9 Å². The standard InChI is InChI=1S/C19H30N4O3S/c1-24-17-4-3-15(13-18(17)25-2)16(22-5-9-26-10-6-22)14-21-19(20)23-7-11-27-12-8-23/h3-4,13,16H,5-12,14H2,1-2H3,(H2,20,21). The van der Waals surface area contributed by atoms with Crippen LogP contribution < -0.4 is 15.2 Å². The fraction of sp³-hybridized carbons (Fsp3) is 0.632. The highest BCUT2D eigenvalue weighted by molar-refractivity contribution is 7.99. The fourth-order valence-corrected chi connectivity index (χ4v) is 4.36. The molecule has 2 aliphatic heterocycles. The normalized spacial score (nSPS) is 20.4. The maximum absolute atomic E-state index is 6.28. The summed E-state index contributed by atoms with van der Waals surface area (Å²) in [7, 11) is 3.31. The van der Waals surface area contributed by atoms with Gasteiger partial charge in [-0.15, -0.1) is 0 Å². The number of ether oxygens (including phenoxy) is 3. The highest BCUT2D eigenvalue weighted by Crippen LogP contribution is 2.32. The van der Waals surface area contributed by atoms with Crippen molar-refractivity contribution >= 4 is 17.7 Å². The number of methoxy groups -OCH3 is 2. The first-order valence-electron chi connectivity index (χ1n) is 9.39. The second kappa shape index (κ2) is 10.1. The van der Waals surface area contributed by atoms with Gasteiger partial charge in [0.1, 0.15) is 0 Å². The molecule has 0 amide bonds. The minimum Gasteiger partial charge on any atom is -0.493 e. The van der Waals surface area contributed by atoms with Crippen LogP contribution >= 0.6 is 11.8 Å². The molecule has 1 unspecified atom stereocenters. The summed E-state index contributed by atoms with van der Waals surface area (Å²) in [6, 6.07) is 6.22. The van der Waals surface area contributed by atoms with Crippen LogP contribution in [0.15, 0.2) is 23.2 Å². The SMILES string of the molecule is COc1ccc(C(CN=C(N)N2CCSCC2)N2CCOCC2)cc1OC. The number of hydrogen-bond acceptors (Lipinski definition) is 6. The van der Waals surface area contributed by atoms with Crippen molar-refractivity contribution in [2.45, 2.75) is 6.04 Å². The second-order valence-electron chi connectivity index (χ2n) is 6.58. The third kappa shape index (κ3) is 5.21. The molecule has 0 saturated carbocycles. The molecule has 7 nitrogen and oxygen atoms in total. The van der Waals surface area contributed by atoms with Crippen LogP contribution in [0.3, 0.4) is 0 Å². The van der Waals surface area contributed by atoms with E-state index in [-0.39, 0.29) is 6.04 Å². The summed E-state index contributed by atoms with van der Waals surface area (Å²) in [6.07, 6.45) is 0.